The van der Waals surface area contributed by atoms with Crippen molar-refractivity contribution in [1.29, 1.82) is 0 Å². The van der Waals surface area contributed by atoms with Crippen molar-refractivity contribution < 1.29 is 75.1 Å². The number of hydrogen-bond donors (Lipinski definition) is 6. The Labute approximate surface area is 356 Å². The van der Waals surface area contributed by atoms with E-state index < -0.39 is 75.8 Å². The zero-order chi connectivity index (χ0) is 45.1. The average Bonchev–Trinajstić information content (AvgIpc) is 3.13. The number of amides is 2. The lowest BCUT2D eigenvalue weighted by Gasteiger charge is -2.57. The summed E-state index contributed by atoms with van der Waals surface area (Å²) in [6.45, 7) is 6.42. The van der Waals surface area contributed by atoms with E-state index in [0.29, 0.717) is 36.8 Å². The van der Waals surface area contributed by atoms with Gasteiger partial charge in [-0.05, 0) is 106 Å². The highest BCUT2D eigenvalue weighted by Crippen LogP contribution is 2.51. The Morgan fingerprint density at radius 2 is 1.54 bits per heavy atom. The maximum atomic E-state index is 14.2. The minimum absolute atomic E-state index is 0.00485. The first-order valence-electron chi connectivity index (χ1n) is 19.2. The molecule has 0 aliphatic heterocycles. The molecule has 6 N–H and O–H groups in total. The largest absolute Gasteiger partial charge is 0.524 e. The number of rotatable bonds is 18. The van der Waals surface area contributed by atoms with Gasteiger partial charge in [-0.25, -0.2) is 17.9 Å². The van der Waals surface area contributed by atoms with Crippen LogP contribution in [-0.2, 0) is 44.8 Å². The van der Waals surface area contributed by atoms with E-state index in [1.165, 1.54) is 45.9 Å². The predicted octanol–water partition coefficient (Wildman–Crippen LogP) is 6.44. The second kappa shape index (κ2) is 18.7. The average molecular weight is 917 g/mol. The van der Waals surface area contributed by atoms with E-state index in [9.17, 15) is 51.9 Å². The van der Waals surface area contributed by atoms with Gasteiger partial charge in [0.1, 0.15) is 28.9 Å². The van der Waals surface area contributed by atoms with Crippen LogP contribution in [0.1, 0.15) is 86.6 Å². The van der Waals surface area contributed by atoms with Crippen molar-refractivity contribution in [1.82, 2.24) is 10.6 Å². The van der Waals surface area contributed by atoms with Crippen molar-refractivity contribution in [3.05, 3.63) is 86.9 Å². The molecule has 0 unspecified atom stereocenters. The first-order chi connectivity index (χ1) is 28.3. The fourth-order valence-electron chi connectivity index (χ4n) is 8.20. The second-order valence-corrected chi connectivity index (χ2v) is 19.0. The molecule has 16 nitrogen and oxygen atoms in total. The highest BCUT2D eigenvalue weighted by atomic mass is 35.5. The lowest BCUT2D eigenvalue weighted by atomic mass is 9.59. The van der Waals surface area contributed by atoms with Crippen LogP contribution in [0.15, 0.2) is 42.5 Å². The van der Waals surface area contributed by atoms with E-state index in [0.717, 1.165) is 12.1 Å². The number of carbonyl (C=O) groups is 3. The van der Waals surface area contributed by atoms with Crippen molar-refractivity contribution in [2.45, 2.75) is 109 Å². The van der Waals surface area contributed by atoms with Crippen LogP contribution in [0.4, 0.5) is 8.78 Å². The Kier molecular flexibility index (Phi) is 14.7. The summed E-state index contributed by atoms with van der Waals surface area (Å²) in [5, 5.41) is 6.04. The first kappa shape index (κ1) is 47.9. The van der Waals surface area contributed by atoms with Crippen molar-refractivity contribution in [2.24, 2.45) is 0 Å². The number of fused-ring (bicyclic) bond motifs is 3. The molecular formula is C40H49ClF2N2O14P2. The number of phosphoric acid groups is 2. The Bertz CT molecular complexity index is 2260. The van der Waals surface area contributed by atoms with Gasteiger partial charge < -0.3 is 33.9 Å². The summed E-state index contributed by atoms with van der Waals surface area (Å²) in [7, 11) is -10.2. The molecule has 6 rings (SSSR count). The molecule has 0 spiro atoms. The van der Waals surface area contributed by atoms with Crippen LogP contribution < -0.4 is 24.4 Å². The molecule has 334 valence electrons. The van der Waals surface area contributed by atoms with Crippen LogP contribution in [0.3, 0.4) is 0 Å². The second-order valence-electron chi connectivity index (χ2n) is 16.2. The number of phosphoric ester groups is 2. The van der Waals surface area contributed by atoms with Crippen LogP contribution in [0.25, 0.3) is 0 Å². The van der Waals surface area contributed by atoms with E-state index >= 15 is 0 Å². The molecule has 3 aliphatic rings. The molecule has 21 heteroatoms. The van der Waals surface area contributed by atoms with E-state index in [-0.39, 0.29) is 69.9 Å². The molecule has 2 amide bonds. The first-order valence-corrected chi connectivity index (χ1v) is 22.6. The fraction of sp³-hybridized carbons (Fsp3) is 0.475. The Balaban J connectivity index is 1.30. The number of aryl methyl sites for hydroxylation is 3. The minimum atomic E-state index is -5.16. The standard InChI is InChI=1S/C40H49ClF2N2O14P2/c1-23-6-7-26(17-29(23)42)8-11-33(46)45-40-14-12-39(13-15-40,44-34(47)21-55-27-9-10-28(41)30(43)18-27)19-32(40)56-22-57-35(48)20-38(4,5)36-25(3)37(59-61(52,53)54)24(2)16-31(36)58-60(49,50)51/h6-7,9-10,16-18,32H,8,11-15,19-22H2,1-5H3,(H,44,47)(H,45,46)(H2,49,50,51)(H2,52,53,54)/t32-,39?,40?/m0/s1. The molecule has 61 heavy (non-hydrogen) atoms. The summed E-state index contributed by atoms with van der Waals surface area (Å²) < 4.78 is 78.9. The third-order valence-electron chi connectivity index (χ3n) is 11.1. The van der Waals surface area contributed by atoms with Crippen molar-refractivity contribution in [3.8, 4) is 17.2 Å². The van der Waals surface area contributed by atoms with Crippen LogP contribution in [0.2, 0.25) is 5.02 Å². The van der Waals surface area contributed by atoms with Crippen molar-refractivity contribution in [3.63, 3.8) is 0 Å². The van der Waals surface area contributed by atoms with Gasteiger partial charge in [0.05, 0.1) is 23.1 Å². The van der Waals surface area contributed by atoms with E-state index in [1.807, 2.05) is 0 Å². The number of nitrogens with one attached hydrogen (secondary N) is 2. The SMILES string of the molecule is Cc1ccc(CCC(=O)NC23CCC(NC(=O)COc4ccc(Cl)c(F)c4)(CC2)C[C@@H]3OCOC(=O)CC(C)(C)c2c(OP(=O)(O)O)cc(C)c(OP(=O)(O)O)c2C)cc1F. The van der Waals surface area contributed by atoms with Crippen molar-refractivity contribution >= 4 is 45.0 Å². The molecular weight excluding hydrogens is 868 g/mol. The van der Waals surface area contributed by atoms with Gasteiger partial charge in [-0.15, -0.1) is 0 Å². The molecule has 3 aromatic carbocycles. The molecule has 3 fully saturated rings. The lowest BCUT2D eigenvalue weighted by molar-refractivity contribution is -0.180. The van der Waals surface area contributed by atoms with Crippen LogP contribution in [0, 0.1) is 32.4 Å². The van der Waals surface area contributed by atoms with E-state index in [1.54, 1.807) is 19.1 Å². The summed E-state index contributed by atoms with van der Waals surface area (Å²) in [5.41, 5.74) is -1.83. The number of benzene rings is 3. The summed E-state index contributed by atoms with van der Waals surface area (Å²) >= 11 is 5.75. The number of carbonyl (C=O) groups excluding carboxylic acids is 3. The quantitative estimate of drug-likeness (QED) is 0.0458. The summed E-state index contributed by atoms with van der Waals surface area (Å²) in [4.78, 5) is 78.4. The lowest BCUT2D eigenvalue weighted by Crippen LogP contribution is -2.71. The van der Waals surface area contributed by atoms with Gasteiger partial charge in [0.15, 0.2) is 13.4 Å². The third-order valence-corrected chi connectivity index (χ3v) is 12.2. The number of ether oxygens (including phenoxy) is 3. The maximum Gasteiger partial charge on any atom is 0.524 e. The van der Waals surface area contributed by atoms with E-state index in [2.05, 4.69) is 10.6 Å². The maximum absolute atomic E-state index is 14.2. The topological polar surface area (TPSA) is 236 Å². The zero-order valence-electron chi connectivity index (χ0n) is 34.1. The molecule has 0 heterocycles. The van der Waals surface area contributed by atoms with Crippen LogP contribution >= 0.6 is 27.2 Å². The third kappa shape index (κ3) is 12.5. The van der Waals surface area contributed by atoms with Crippen LogP contribution in [0.5, 0.6) is 17.2 Å². The molecule has 0 aromatic heterocycles. The summed E-state index contributed by atoms with van der Waals surface area (Å²) in [6.07, 6.45) is 0.858. The highest BCUT2D eigenvalue weighted by molar-refractivity contribution is 7.47. The fourth-order valence-corrected chi connectivity index (χ4v) is 9.24. The van der Waals surface area contributed by atoms with Gasteiger partial charge in [-0.3, -0.25) is 34.0 Å². The minimum Gasteiger partial charge on any atom is -0.484 e. The monoisotopic (exact) mass is 916 g/mol. The van der Waals surface area contributed by atoms with Gasteiger partial charge in [0.25, 0.3) is 5.91 Å². The molecule has 2 bridgehead atoms. The highest BCUT2D eigenvalue weighted by Gasteiger charge is 2.56. The summed E-state index contributed by atoms with van der Waals surface area (Å²) in [6, 6.07) is 9.68. The molecule has 0 saturated heterocycles. The van der Waals surface area contributed by atoms with Gasteiger partial charge >= 0.3 is 21.6 Å². The van der Waals surface area contributed by atoms with Gasteiger partial charge in [-0.2, -0.15) is 0 Å². The Hall–Kier alpha value is -4.12. The summed E-state index contributed by atoms with van der Waals surface area (Å²) in [5.74, 6) is -3.27. The number of hydrogen-bond acceptors (Lipinski definition) is 10. The Morgan fingerprint density at radius 1 is 0.869 bits per heavy atom. The predicted molar refractivity (Wildman–Crippen MR) is 216 cm³/mol. The molecule has 3 saturated carbocycles. The molecule has 3 aliphatic carbocycles. The van der Waals surface area contributed by atoms with Gasteiger partial charge in [0.2, 0.25) is 5.91 Å². The van der Waals surface area contributed by atoms with Crippen LogP contribution in [-0.4, -0.2) is 67.9 Å². The van der Waals surface area contributed by atoms with E-state index in [4.69, 9.17) is 34.9 Å². The number of esters is 1. The smallest absolute Gasteiger partial charge is 0.484 e. The van der Waals surface area contributed by atoms with Gasteiger partial charge in [-0.1, -0.05) is 37.6 Å². The molecule has 0 radical (unpaired) electrons. The van der Waals surface area contributed by atoms with Crippen molar-refractivity contribution in [2.75, 3.05) is 13.4 Å². The number of halogens is 3. The Morgan fingerprint density at radius 3 is 2.16 bits per heavy atom. The van der Waals surface area contributed by atoms with Gasteiger partial charge in [0, 0.05) is 29.0 Å². The normalized spacial score (nSPS) is 20.2. The zero-order valence-corrected chi connectivity index (χ0v) is 36.6. The molecule has 3 aromatic rings. The molecule has 1 atom stereocenters.